The van der Waals surface area contributed by atoms with Crippen molar-refractivity contribution in [2.75, 3.05) is 26.3 Å². The summed E-state index contributed by atoms with van der Waals surface area (Å²) in [7, 11) is 0. The van der Waals surface area contributed by atoms with Crippen molar-refractivity contribution in [2.45, 2.75) is 31.8 Å². The second kappa shape index (κ2) is 7.75. The zero-order chi connectivity index (χ0) is 19.6. The molecule has 2 aliphatic heterocycles. The third kappa shape index (κ3) is 4.09. The molecule has 0 bridgehead atoms. The molecule has 2 saturated heterocycles. The standard InChI is InChI=1S/C21H25N3O4/c1-15-11-22-12-19(23-15)27-7-5-16-6-8-28-21(10-16)13-24(14-21)20(26)17-3-2-4-18(25)9-17/h2-4,9,11-12,16,25H,5-8,10,13-14H2,1H3/t16-/m1/s1. The Hall–Kier alpha value is -2.67. The number of ether oxygens (including phenoxy) is 2. The van der Waals surface area contributed by atoms with Crippen LogP contribution in [0.15, 0.2) is 36.7 Å². The largest absolute Gasteiger partial charge is 0.508 e. The van der Waals surface area contributed by atoms with Crippen LogP contribution in [-0.2, 0) is 4.74 Å². The van der Waals surface area contributed by atoms with Crippen molar-refractivity contribution in [2.24, 2.45) is 5.92 Å². The molecule has 1 N–H and O–H groups in total. The molecule has 2 fully saturated rings. The molecule has 1 amide bonds. The van der Waals surface area contributed by atoms with Gasteiger partial charge in [-0.15, -0.1) is 0 Å². The van der Waals surface area contributed by atoms with E-state index >= 15 is 0 Å². The van der Waals surface area contributed by atoms with Crippen molar-refractivity contribution in [3.05, 3.63) is 47.9 Å². The maximum Gasteiger partial charge on any atom is 0.254 e. The Morgan fingerprint density at radius 1 is 1.39 bits per heavy atom. The molecule has 2 aromatic rings. The Labute approximate surface area is 164 Å². The van der Waals surface area contributed by atoms with Gasteiger partial charge < -0.3 is 19.5 Å². The molecule has 1 aromatic carbocycles. The monoisotopic (exact) mass is 383 g/mol. The maximum atomic E-state index is 12.6. The zero-order valence-corrected chi connectivity index (χ0v) is 16.0. The zero-order valence-electron chi connectivity index (χ0n) is 16.0. The van der Waals surface area contributed by atoms with Gasteiger partial charge in [0, 0.05) is 18.4 Å². The van der Waals surface area contributed by atoms with E-state index < -0.39 is 0 Å². The van der Waals surface area contributed by atoms with E-state index in [1.807, 2.05) is 6.92 Å². The Morgan fingerprint density at radius 3 is 3.04 bits per heavy atom. The number of likely N-dealkylation sites (tertiary alicyclic amines) is 1. The minimum atomic E-state index is -0.238. The Bertz CT molecular complexity index is 851. The van der Waals surface area contributed by atoms with Crippen molar-refractivity contribution in [1.29, 1.82) is 0 Å². The number of hydrogen-bond donors (Lipinski definition) is 1. The molecule has 0 unspecified atom stereocenters. The van der Waals surface area contributed by atoms with Gasteiger partial charge in [0.2, 0.25) is 5.88 Å². The Morgan fingerprint density at radius 2 is 2.25 bits per heavy atom. The lowest BCUT2D eigenvalue weighted by Crippen LogP contribution is -2.66. The molecular formula is C21H25N3O4. The van der Waals surface area contributed by atoms with E-state index in [0.717, 1.165) is 25.0 Å². The summed E-state index contributed by atoms with van der Waals surface area (Å²) in [4.78, 5) is 22.8. The van der Waals surface area contributed by atoms with Gasteiger partial charge in [0.25, 0.3) is 5.91 Å². The van der Waals surface area contributed by atoms with Crippen LogP contribution in [-0.4, -0.2) is 57.8 Å². The molecule has 4 rings (SSSR count). The highest BCUT2D eigenvalue weighted by atomic mass is 16.5. The Balaban J connectivity index is 1.27. The minimum absolute atomic E-state index is 0.0615. The van der Waals surface area contributed by atoms with E-state index in [1.54, 1.807) is 35.5 Å². The summed E-state index contributed by atoms with van der Waals surface area (Å²) in [5.41, 5.74) is 1.11. The molecule has 1 aromatic heterocycles. The van der Waals surface area contributed by atoms with E-state index in [4.69, 9.17) is 9.47 Å². The van der Waals surface area contributed by atoms with Gasteiger partial charge in [-0.25, -0.2) is 4.98 Å². The number of aromatic hydroxyl groups is 1. The van der Waals surface area contributed by atoms with Crippen molar-refractivity contribution in [3.8, 4) is 11.6 Å². The topological polar surface area (TPSA) is 84.8 Å². The fourth-order valence-corrected chi connectivity index (χ4v) is 4.05. The average molecular weight is 383 g/mol. The second-order valence-corrected chi connectivity index (χ2v) is 7.74. The number of carbonyl (C=O) groups is 1. The maximum absolute atomic E-state index is 12.6. The van der Waals surface area contributed by atoms with Crippen molar-refractivity contribution in [1.82, 2.24) is 14.9 Å². The van der Waals surface area contributed by atoms with Gasteiger partial charge in [-0.05, 0) is 50.3 Å². The number of phenolic OH excluding ortho intramolecular Hbond substituents is 1. The van der Waals surface area contributed by atoms with Gasteiger partial charge in [0.1, 0.15) is 11.4 Å². The fourth-order valence-electron chi connectivity index (χ4n) is 4.05. The lowest BCUT2D eigenvalue weighted by Gasteiger charge is -2.53. The van der Waals surface area contributed by atoms with Crippen molar-refractivity contribution < 1.29 is 19.4 Å². The number of benzene rings is 1. The van der Waals surface area contributed by atoms with Gasteiger partial charge in [0.15, 0.2) is 0 Å². The van der Waals surface area contributed by atoms with Crippen LogP contribution < -0.4 is 4.74 Å². The first kappa shape index (κ1) is 18.7. The summed E-state index contributed by atoms with van der Waals surface area (Å²) in [6, 6.07) is 6.48. The number of nitrogens with zero attached hydrogens (tertiary/aromatic N) is 3. The smallest absolute Gasteiger partial charge is 0.254 e. The van der Waals surface area contributed by atoms with Gasteiger partial charge in [-0.2, -0.15) is 0 Å². The lowest BCUT2D eigenvalue weighted by molar-refractivity contribution is -0.166. The van der Waals surface area contributed by atoms with Crippen LogP contribution in [0.5, 0.6) is 11.6 Å². The van der Waals surface area contributed by atoms with E-state index in [0.29, 0.717) is 43.7 Å². The molecule has 0 aliphatic carbocycles. The third-order valence-corrected chi connectivity index (χ3v) is 5.44. The first-order chi connectivity index (χ1) is 13.5. The molecule has 7 heteroatoms. The van der Waals surface area contributed by atoms with Gasteiger partial charge in [-0.1, -0.05) is 6.07 Å². The molecule has 3 heterocycles. The normalized spacial score (nSPS) is 20.6. The lowest BCUT2D eigenvalue weighted by atomic mass is 9.79. The molecule has 0 saturated carbocycles. The molecule has 2 aliphatic rings. The molecule has 148 valence electrons. The summed E-state index contributed by atoms with van der Waals surface area (Å²) >= 11 is 0. The predicted octanol–water partition coefficient (Wildman–Crippen LogP) is 2.58. The van der Waals surface area contributed by atoms with Gasteiger partial charge in [-0.3, -0.25) is 9.78 Å². The number of hydrogen-bond acceptors (Lipinski definition) is 6. The first-order valence-electron chi connectivity index (χ1n) is 9.67. The number of aromatic nitrogens is 2. The van der Waals surface area contributed by atoms with Gasteiger partial charge in [0.05, 0.1) is 31.6 Å². The number of phenols is 1. The predicted molar refractivity (Wildman–Crippen MR) is 102 cm³/mol. The van der Waals surface area contributed by atoms with Gasteiger partial charge >= 0.3 is 0 Å². The highest BCUT2D eigenvalue weighted by Crippen LogP contribution is 2.38. The number of rotatable bonds is 5. The van der Waals surface area contributed by atoms with E-state index in [1.165, 1.54) is 6.07 Å². The van der Waals surface area contributed by atoms with Crippen molar-refractivity contribution in [3.63, 3.8) is 0 Å². The summed E-state index contributed by atoms with van der Waals surface area (Å²) in [5.74, 6) is 1.11. The highest BCUT2D eigenvalue weighted by molar-refractivity contribution is 5.95. The summed E-state index contributed by atoms with van der Waals surface area (Å²) in [5, 5.41) is 9.58. The van der Waals surface area contributed by atoms with E-state index in [-0.39, 0.29) is 17.3 Å². The minimum Gasteiger partial charge on any atom is -0.508 e. The van der Waals surface area contributed by atoms with Crippen LogP contribution >= 0.6 is 0 Å². The molecule has 1 atom stereocenters. The molecule has 1 spiro atoms. The van der Waals surface area contributed by atoms with E-state index in [9.17, 15) is 9.90 Å². The van der Waals surface area contributed by atoms with Crippen LogP contribution in [0.2, 0.25) is 0 Å². The Kier molecular flexibility index (Phi) is 5.17. The number of carbonyl (C=O) groups excluding carboxylic acids is 1. The third-order valence-electron chi connectivity index (χ3n) is 5.44. The SMILES string of the molecule is Cc1cncc(OCC[C@@H]2CCOC3(C2)CN(C(=O)c2cccc(O)c2)C3)n1. The van der Waals surface area contributed by atoms with Crippen molar-refractivity contribution >= 4 is 5.91 Å². The van der Waals surface area contributed by atoms with Crippen LogP contribution in [0.25, 0.3) is 0 Å². The van der Waals surface area contributed by atoms with Crippen LogP contribution in [0.3, 0.4) is 0 Å². The highest BCUT2D eigenvalue weighted by Gasteiger charge is 2.49. The molecule has 0 radical (unpaired) electrons. The average Bonchev–Trinajstić information content (AvgIpc) is 2.66. The second-order valence-electron chi connectivity index (χ2n) is 7.74. The van der Waals surface area contributed by atoms with Crippen LogP contribution in [0.4, 0.5) is 0 Å². The summed E-state index contributed by atoms with van der Waals surface area (Å²) < 4.78 is 11.8. The van der Waals surface area contributed by atoms with E-state index in [2.05, 4.69) is 9.97 Å². The molecule has 7 nitrogen and oxygen atoms in total. The summed E-state index contributed by atoms with van der Waals surface area (Å²) in [6.07, 6.45) is 6.21. The van der Waals surface area contributed by atoms with Crippen LogP contribution in [0, 0.1) is 12.8 Å². The number of amides is 1. The molecular weight excluding hydrogens is 358 g/mol. The summed E-state index contributed by atoms with van der Waals surface area (Å²) in [6.45, 7) is 4.40. The first-order valence-corrected chi connectivity index (χ1v) is 9.67. The fraction of sp³-hybridized carbons (Fsp3) is 0.476. The van der Waals surface area contributed by atoms with Crippen LogP contribution in [0.1, 0.15) is 35.3 Å². The number of aryl methyl sites for hydroxylation is 1. The molecule has 28 heavy (non-hydrogen) atoms. The quantitative estimate of drug-likeness (QED) is 0.854.